The Morgan fingerprint density at radius 2 is 1.77 bits per heavy atom. The molecule has 1 aromatic carbocycles. The van der Waals surface area contributed by atoms with E-state index in [2.05, 4.69) is 17.5 Å². The molecule has 26 heavy (non-hydrogen) atoms. The van der Waals surface area contributed by atoms with E-state index in [0.29, 0.717) is 11.1 Å². The van der Waals surface area contributed by atoms with Gasteiger partial charge in [0.05, 0.1) is 4.92 Å². The molecule has 4 aliphatic carbocycles. The van der Waals surface area contributed by atoms with Crippen LogP contribution in [-0.4, -0.2) is 16.5 Å². The van der Waals surface area contributed by atoms with Gasteiger partial charge in [0.15, 0.2) is 0 Å². The van der Waals surface area contributed by atoms with Crippen LogP contribution in [0.3, 0.4) is 0 Å². The first-order chi connectivity index (χ1) is 12.4. The number of nitrogens with zero attached hydrogens (tertiary/aromatic N) is 2. The van der Waals surface area contributed by atoms with Gasteiger partial charge in [0.2, 0.25) is 0 Å². The van der Waals surface area contributed by atoms with Crippen LogP contribution in [0.2, 0.25) is 0 Å². The van der Waals surface area contributed by atoms with Crippen molar-refractivity contribution in [2.75, 3.05) is 0 Å². The molecule has 4 saturated carbocycles. The van der Waals surface area contributed by atoms with Gasteiger partial charge < -0.3 is 0 Å². The van der Waals surface area contributed by atoms with Crippen molar-refractivity contribution in [2.45, 2.75) is 52.4 Å². The van der Waals surface area contributed by atoms with Crippen LogP contribution >= 0.6 is 0 Å². The van der Waals surface area contributed by atoms with E-state index in [0.717, 1.165) is 23.5 Å². The molecule has 4 aliphatic rings. The molecule has 0 spiro atoms. The predicted octanol–water partition coefficient (Wildman–Crippen LogP) is 4.23. The predicted molar refractivity (Wildman–Crippen MR) is 99.0 cm³/mol. The highest BCUT2D eigenvalue weighted by molar-refractivity contribution is 5.96. The number of rotatable bonds is 4. The summed E-state index contributed by atoms with van der Waals surface area (Å²) in [6.07, 6.45) is 7.76. The minimum atomic E-state index is -0.438. The minimum Gasteiger partial charge on any atom is -0.267 e. The molecule has 5 rings (SSSR count). The molecule has 138 valence electrons. The Hall–Kier alpha value is -2.24. The summed E-state index contributed by atoms with van der Waals surface area (Å²) in [5, 5.41) is 15.4. The van der Waals surface area contributed by atoms with Gasteiger partial charge in [0.25, 0.3) is 11.6 Å². The number of carbonyl (C=O) groups excluding carboxylic acids is 1. The Morgan fingerprint density at radius 1 is 1.19 bits per heavy atom. The number of benzene rings is 1. The van der Waals surface area contributed by atoms with E-state index < -0.39 is 4.92 Å². The largest absolute Gasteiger partial charge is 0.272 e. The Bertz CT molecular complexity index is 764. The average molecular weight is 355 g/mol. The van der Waals surface area contributed by atoms with Gasteiger partial charge in [-0.1, -0.05) is 0 Å². The number of nitro benzene ring substituents is 1. The number of nitrogens with one attached hydrogen (secondary N) is 1. The third-order valence-electron chi connectivity index (χ3n) is 6.79. The SMILES string of the molecule is C/C(=N\NC(=O)c1ccc([N+](=O)[O-])c(C)c1)C12CC3CC(CC(C3)C1)C2. The highest BCUT2D eigenvalue weighted by Gasteiger charge is 2.52. The highest BCUT2D eigenvalue weighted by atomic mass is 16.6. The minimum absolute atomic E-state index is 0.0230. The van der Waals surface area contributed by atoms with Crippen LogP contribution in [0.1, 0.15) is 61.4 Å². The van der Waals surface area contributed by atoms with Gasteiger partial charge in [0, 0.05) is 28.3 Å². The normalized spacial score (nSPS) is 32.5. The zero-order valence-corrected chi connectivity index (χ0v) is 15.3. The molecule has 6 heteroatoms. The lowest BCUT2D eigenvalue weighted by molar-refractivity contribution is -0.385. The van der Waals surface area contributed by atoms with E-state index in [9.17, 15) is 14.9 Å². The van der Waals surface area contributed by atoms with Crippen LogP contribution in [0.15, 0.2) is 23.3 Å². The van der Waals surface area contributed by atoms with Crippen molar-refractivity contribution >= 4 is 17.3 Å². The van der Waals surface area contributed by atoms with Crippen LogP contribution in [0.4, 0.5) is 5.69 Å². The lowest BCUT2D eigenvalue weighted by atomic mass is 9.48. The van der Waals surface area contributed by atoms with Crippen molar-refractivity contribution < 1.29 is 9.72 Å². The molecule has 4 bridgehead atoms. The van der Waals surface area contributed by atoms with Gasteiger partial charge in [-0.3, -0.25) is 14.9 Å². The zero-order valence-electron chi connectivity index (χ0n) is 15.3. The molecule has 0 aromatic heterocycles. The number of hydrazone groups is 1. The smallest absolute Gasteiger partial charge is 0.267 e. The average Bonchev–Trinajstić information content (AvgIpc) is 2.57. The Balaban J connectivity index is 1.48. The van der Waals surface area contributed by atoms with E-state index >= 15 is 0 Å². The summed E-state index contributed by atoms with van der Waals surface area (Å²) in [7, 11) is 0. The number of aryl methyl sites for hydroxylation is 1. The van der Waals surface area contributed by atoms with E-state index in [4.69, 9.17) is 0 Å². The van der Waals surface area contributed by atoms with Crippen LogP contribution in [0.25, 0.3) is 0 Å². The van der Waals surface area contributed by atoms with Gasteiger partial charge in [-0.05, 0) is 82.3 Å². The number of carbonyl (C=O) groups is 1. The number of hydrogen-bond acceptors (Lipinski definition) is 4. The van der Waals surface area contributed by atoms with E-state index in [1.165, 1.54) is 50.7 Å². The maximum Gasteiger partial charge on any atom is 0.272 e. The quantitative estimate of drug-likeness (QED) is 0.498. The molecule has 0 atom stereocenters. The fourth-order valence-electron chi connectivity index (χ4n) is 5.87. The molecule has 4 fully saturated rings. The molecule has 0 radical (unpaired) electrons. The topological polar surface area (TPSA) is 84.6 Å². The molecule has 0 heterocycles. The summed E-state index contributed by atoms with van der Waals surface area (Å²) >= 11 is 0. The van der Waals surface area contributed by atoms with Crippen molar-refractivity contribution in [2.24, 2.45) is 28.3 Å². The van der Waals surface area contributed by atoms with Crippen molar-refractivity contribution in [3.8, 4) is 0 Å². The third kappa shape index (κ3) is 2.91. The molecule has 0 aliphatic heterocycles. The molecule has 1 aromatic rings. The second-order valence-corrected chi connectivity index (χ2v) is 8.59. The zero-order chi connectivity index (χ0) is 18.5. The highest BCUT2D eigenvalue weighted by Crippen LogP contribution is 2.60. The summed E-state index contributed by atoms with van der Waals surface area (Å²) in [6, 6.07) is 4.40. The molecule has 1 N–H and O–H groups in total. The summed E-state index contributed by atoms with van der Waals surface area (Å²) in [4.78, 5) is 22.9. The van der Waals surface area contributed by atoms with Crippen molar-refractivity contribution in [3.05, 3.63) is 39.4 Å². The molecular weight excluding hydrogens is 330 g/mol. The van der Waals surface area contributed by atoms with Crippen molar-refractivity contribution in [1.29, 1.82) is 0 Å². The van der Waals surface area contributed by atoms with Gasteiger partial charge >= 0.3 is 0 Å². The molecule has 0 unspecified atom stereocenters. The lowest BCUT2D eigenvalue weighted by Crippen LogP contribution is -2.49. The second-order valence-electron chi connectivity index (χ2n) is 8.59. The summed E-state index contributed by atoms with van der Waals surface area (Å²) in [6.45, 7) is 3.69. The van der Waals surface area contributed by atoms with Crippen molar-refractivity contribution in [3.63, 3.8) is 0 Å². The lowest BCUT2D eigenvalue weighted by Gasteiger charge is -2.56. The Labute approximate surface area is 153 Å². The van der Waals surface area contributed by atoms with Crippen LogP contribution in [-0.2, 0) is 0 Å². The van der Waals surface area contributed by atoms with Crippen LogP contribution in [0, 0.1) is 40.2 Å². The number of nitro groups is 1. The van der Waals surface area contributed by atoms with E-state index in [1.807, 2.05) is 0 Å². The van der Waals surface area contributed by atoms with Crippen LogP contribution < -0.4 is 5.43 Å². The van der Waals surface area contributed by atoms with Gasteiger partial charge in [-0.25, -0.2) is 5.43 Å². The fraction of sp³-hybridized carbons (Fsp3) is 0.600. The molecular formula is C20H25N3O3. The summed E-state index contributed by atoms with van der Waals surface area (Å²) in [5.74, 6) is 2.19. The standard InChI is InChI=1S/C20H25N3O3/c1-12-5-17(3-4-18(12)23(25)26)19(24)22-21-13(2)20-9-14-6-15(10-20)8-16(7-14)11-20/h3-5,14-16H,6-11H2,1-2H3,(H,22,24)/b21-13+. The van der Waals surface area contributed by atoms with E-state index in [1.54, 1.807) is 13.0 Å². The van der Waals surface area contributed by atoms with Gasteiger partial charge in [0.1, 0.15) is 0 Å². The fourth-order valence-corrected chi connectivity index (χ4v) is 5.87. The molecule has 0 saturated heterocycles. The maximum atomic E-state index is 12.4. The Kier molecular flexibility index (Phi) is 4.09. The van der Waals surface area contributed by atoms with E-state index in [-0.39, 0.29) is 17.0 Å². The molecule has 6 nitrogen and oxygen atoms in total. The second kappa shape index (κ2) is 6.18. The third-order valence-corrected chi connectivity index (χ3v) is 6.79. The molecule has 1 amide bonds. The van der Waals surface area contributed by atoms with Crippen LogP contribution in [0.5, 0.6) is 0 Å². The first kappa shape index (κ1) is 17.2. The summed E-state index contributed by atoms with van der Waals surface area (Å²) < 4.78 is 0. The number of amides is 1. The Morgan fingerprint density at radius 3 is 2.27 bits per heavy atom. The number of hydrogen-bond donors (Lipinski definition) is 1. The first-order valence-electron chi connectivity index (χ1n) is 9.46. The monoisotopic (exact) mass is 355 g/mol. The van der Waals surface area contributed by atoms with Gasteiger partial charge in [-0.2, -0.15) is 5.10 Å². The maximum absolute atomic E-state index is 12.4. The van der Waals surface area contributed by atoms with Gasteiger partial charge in [-0.15, -0.1) is 0 Å². The summed E-state index contributed by atoms with van der Waals surface area (Å²) in [5.41, 5.74) is 4.80. The first-order valence-corrected chi connectivity index (χ1v) is 9.46. The van der Waals surface area contributed by atoms with Crippen molar-refractivity contribution in [1.82, 2.24) is 5.43 Å².